The molecule has 0 fully saturated rings. The summed E-state index contributed by atoms with van der Waals surface area (Å²) >= 11 is 21.2. The van der Waals surface area contributed by atoms with E-state index in [1.165, 1.54) is 12.3 Å². The number of rotatable bonds is 4. The third-order valence-electron chi connectivity index (χ3n) is 3.69. The Morgan fingerprint density at radius 1 is 1.04 bits per heavy atom. The van der Waals surface area contributed by atoms with Gasteiger partial charge < -0.3 is 10.4 Å². The number of hydrogen-bond donors (Lipinski definition) is 2. The van der Waals surface area contributed by atoms with Crippen molar-refractivity contribution in [2.75, 3.05) is 5.32 Å². The Labute approximate surface area is 184 Å². The Hall–Kier alpha value is -2.05. The molecule has 3 aromatic carbocycles. The van der Waals surface area contributed by atoms with Crippen molar-refractivity contribution in [3.63, 3.8) is 0 Å². The highest BCUT2D eigenvalue weighted by Gasteiger charge is 2.11. The summed E-state index contributed by atoms with van der Waals surface area (Å²) in [6.45, 7) is 0. The highest BCUT2D eigenvalue weighted by atomic mass is 79.9. The number of nitrogens with one attached hydrogen (secondary N) is 1. The third-order valence-corrected chi connectivity index (χ3v) is 4.98. The first-order chi connectivity index (χ1) is 13.3. The van der Waals surface area contributed by atoms with Gasteiger partial charge in [-0.15, -0.1) is 0 Å². The van der Waals surface area contributed by atoms with E-state index in [9.17, 15) is 9.90 Å². The number of carbonyl (C=O) groups is 1. The fourth-order valence-electron chi connectivity index (χ4n) is 2.36. The molecule has 0 aliphatic carbocycles. The van der Waals surface area contributed by atoms with Gasteiger partial charge in [0, 0.05) is 27.0 Å². The Morgan fingerprint density at radius 2 is 1.82 bits per heavy atom. The summed E-state index contributed by atoms with van der Waals surface area (Å²) in [5.41, 5.74) is 1.90. The highest BCUT2D eigenvalue weighted by molar-refractivity contribution is 9.10. The minimum Gasteiger partial charge on any atom is -0.506 e. The third kappa shape index (κ3) is 5.06. The molecule has 0 unspecified atom stereocenters. The van der Waals surface area contributed by atoms with E-state index >= 15 is 0 Å². The first kappa shape index (κ1) is 20.7. The van der Waals surface area contributed by atoms with Crippen LogP contribution in [-0.2, 0) is 0 Å². The fraction of sp³-hybridized carbons (Fsp3) is 0. The minimum atomic E-state index is -0.362. The number of phenols is 1. The number of amides is 1. The molecule has 2 N–H and O–H groups in total. The number of anilines is 1. The number of aromatic hydroxyl groups is 1. The number of benzene rings is 3. The molecule has 8 heteroatoms. The second-order valence-electron chi connectivity index (χ2n) is 5.71. The normalized spacial score (nSPS) is 11.0. The van der Waals surface area contributed by atoms with Crippen LogP contribution in [-0.4, -0.2) is 17.2 Å². The average molecular weight is 499 g/mol. The summed E-state index contributed by atoms with van der Waals surface area (Å²) in [4.78, 5) is 16.8. The van der Waals surface area contributed by atoms with Gasteiger partial charge in [-0.05, 0) is 48.5 Å². The lowest BCUT2D eigenvalue weighted by atomic mass is 10.2. The monoisotopic (exact) mass is 496 g/mol. The van der Waals surface area contributed by atoms with Crippen molar-refractivity contribution in [2.45, 2.75) is 0 Å². The van der Waals surface area contributed by atoms with Crippen LogP contribution in [0.25, 0.3) is 0 Å². The zero-order valence-corrected chi connectivity index (χ0v) is 17.9. The lowest BCUT2D eigenvalue weighted by Crippen LogP contribution is -2.12. The second-order valence-corrected chi connectivity index (χ2v) is 7.88. The number of aliphatic imine (C=N–C) groups is 1. The van der Waals surface area contributed by atoms with Crippen LogP contribution in [0.15, 0.2) is 64.1 Å². The van der Waals surface area contributed by atoms with Crippen molar-refractivity contribution >= 4 is 74.2 Å². The molecule has 0 bridgehead atoms. The minimum absolute atomic E-state index is 0.0598. The van der Waals surface area contributed by atoms with Gasteiger partial charge in [0.1, 0.15) is 5.75 Å². The number of halogens is 4. The summed E-state index contributed by atoms with van der Waals surface area (Å²) in [5.74, 6) is -0.422. The maximum Gasteiger partial charge on any atom is 0.257 e. The van der Waals surface area contributed by atoms with Crippen LogP contribution in [0.1, 0.15) is 15.9 Å². The van der Waals surface area contributed by atoms with Crippen molar-refractivity contribution in [1.29, 1.82) is 0 Å². The second kappa shape index (κ2) is 8.97. The van der Waals surface area contributed by atoms with Gasteiger partial charge in [0.15, 0.2) is 0 Å². The van der Waals surface area contributed by atoms with Crippen molar-refractivity contribution < 1.29 is 9.90 Å². The summed E-state index contributed by atoms with van der Waals surface area (Å²) in [5, 5.41) is 13.7. The molecular formula is C20H12BrCl3N2O2. The number of nitrogens with zero attached hydrogens (tertiary/aromatic N) is 1. The van der Waals surface area contributed by atoms with Crippen LogP contribution in [0, 0.1) is 0 Å². The maximum absolute atomic E-state index is 12.4. The molecule has 1 amide bonds. The van der Waals surface area contributed by atoms with Crippen molar-refractivity contribution in [3.8, 4) is 5.75 Å². The number of hydrogen-bond acceptors (Lipinski definition) is 3. The number of carbonyl (C=O) groups excluding carboxylic acids is 1. The number of phenolic OH excluding ortho intramolecular Hbond substituents is 1. The maximum atomic E-state index is 12.4. The molecular weight excluding hydrogens is 486 g/mol. The van der Waals surface area contributed by atoms with Crippen LogP contribution < -0.4 is 5.32 Å². The zero-order valence-electron chi connectivity index (χ0n) is 14.1. The fourth-order valence-corrected chi connectivity index (χ4v) is 3.69. The van der Waals surface area contributed by atoms with E-state index in [-0.39, 0.29) is 21.7 Å². The molecule has 0 saturated carbocycles. The van der Waals surface area contributed by atoms with Crippen molar-refractivity contribution in [2.24, 2.45) is 4.99 Å². The van der Waals surface area contributed by atoms with Crippen LogP contribution >= 0.6 is 50.7 Å². The molecule has 0 spiro atoms. The summed E-state index contributed by atoms with van der Waals surface area (Å²) in [6, 6.07) is 14.9. The van der Waals surface area contributed by atoms with E-state index in [2.05, 4.69) is 26.2 Å². The summed E-state index contributed by atoms with van der Waals surface area (Å²) < 4.78 is 0.720. The first-order valence-corrected chi connectivity index (χ1v) is 9.85. The standard InChI is InChI=1S/C20H12BrCl3N2O2/c21-12-6-11(19(27)18(24)7-12)10-25-14-2-1-3-15(9-14)26-20(28)16-5-4-13(22)8-17(16)23/h1-10,27H,(H,26,28)/b25-10+. The van der Waals surface area contributed by atoms with E-state index in [0.717, 1.165) is 4.47 Å². The molecule has 0 heterocycles. The molecule has 0 aromatic heterocycles. The molecule has 0 aliphatic heterocycles. The molecule has 0 radical (unpaired) electrons. The zero-order chi connectivity index (χ0) is 20.3. The van der Waals surface area contributed by atoms with E-state index in [0.29, 0.717) is 27.5 Å². The van der Waals surface area contributed by atoms with E-state index < -0.39 is 0 Å². The molecule has 3 rings (SSSR count). The SMILES string of the molecule is O=C(Nc1cccc(/N=C/c2cc(Br)cc(Cl)c2O)c1)c1ccc(Cl)cc1Cl. The Kier molecular flexibility index (Phi) is 6.62. The van der Waals surface area contributed by atoms with Gasteiger partial charge in [-0.3, -0.25) is 9.79 Å². The van der Waals surface area contributed by atoms with Crippen LogP contribution in [0.2, 0.25) is 15.1 Å². The smallest absolute Gasteiger partial charge is 0.257 e. The van der Waals surface area contributed by atoms with Gasteiger partial charge in [-0.25, -0.2) is 0 Å². The quantitative estimate of drug-likeness (QED) is 0.376. The van der Waals surface area contributed by atoms with E-state index in [4.69, 9.17) is 34.8 Å². The topological polar surface area (TPSA) is 61.7 Å². The Morgan fingerprint density at radius 3 is 2.57 bits per heavy atom. The van der Waals surface area contributed by atoms with E-state index in [1.807, 2.05) is 0 Å². The Bertz CT molecular complexity index is 1090. The predicted octanol–water partition coefficient (Wildman–Crippen LogP) is 7.12. The molecule has 3 aromatic rings. The molecule has 0 saturated heterocycles. The Balaban J connectivity index is 1.80. The molecule has 28 heavy (non-hydrogen) atoms. The predicted molar refractivity (Wildman–Crippen MR) is 119 cm³/mol. The van der Waals surface area contributed by atoms with Gasteiger partial charge in [-0.1, -0.05) is 56.8 Å². The lowest BCUT2D eigenvalue weighted by Gasteiger charge is -2.08. The van der Waals surface area contributed by atoms with Gasteiger partial charge in [0.2, 0.25) is 0 Å². The molecule has 0 atom stereocenters. The molecule has 142 valence electrons. The van der Waals surface area contributed by atoms with Crippen LogP contribution in [0.5, 0.6) is 5.75 Å². The van der Waals surface area contributed by atoms with Gasteiger partial charge in [0.05, 0.1) is 21.3 Å². The largest absolute Gasteiger partial charge is 0.506 e. The molecule has 0 aliphatic rings. The van der Waals surface area contributed by atoms with Gasteiger partial charge in [0.25, 0.3) is 5.91 Å². The van der Waals surface area contributed by atoms with Gasteiger partial charge in [-0.2, -0.15) is 0 Å². The van der Waals surface area contributed by atoms with Crippen LogP contribution in [0.4, 0.5) is 11.4 Å². The summed E-state index contributed by atoms with van der Waals surface area (Å²) in [6.07, 6.45) is 1.49. The van der Waals surface area contributed by atoms with Crippen molar-refractivity contribution in [3.05, 3.63) is 85.3 Å². The first-order valence-electron chi connectivity index (χ1n) is 7.92. The average Bonchev–Trinajstić information content (AvgIpc) is 2.63. The lowest BCUT2D eigenvalue weighted by molar-refractivity contribution is 0.102. The van der Waals surface area contributed by atoms with Crippen molar-refractivity contribution in [1.82, 2.24) is 0 Å². The molecule has 4 nitrogen and oxygen atoms in total. The van der Waals surface area contributed by atoms with Gasteiger partial charge >= 0.3 is 0 Å². The van der Waals surface area contributed by atoms with E-state index in [1.54, 1.807) is 48.5 Å². The van der Waals surface area contributed by atoms with Crippen LogP contribution in [0.3, 0.4) is 0 Å². The summed E-state index contributed by atoms with van der Waals surface area (Å²) in [7, 11) is 0. The highest BCUT2D eigenvalue weighted by Crippen LogP contribution is 2.31.